The molecule has 0 aliphatic heterocycles. The van der Waals surface area contributed by atoms with Gasteiger partial charge in [0.1, 0.15) is 5.82 Å². The Kier molecular flexibility index (Phi) is 6.04. The first-order valence-electron chi connectivity index (χ1n) is 10.1. The van der Waals surface area contributed by atoms with Gasteiger partial charge in [0.15, 0.2) is 0 Å². The molecule has 7 heteroatoms. The Hall–Kier alpha value is -3.58. The van der Waals surface area contributed by atoms with Crippen LogP contribution < -0.4 is 16.4 Å². The van der Waals surface area contributed by atoms with Crippen LogP contribution in [0.5, 0.6) is 0 Å². The number of nitrogens with zero attached hydrogens (tertiary/aromatic N) is 1. The van der Waals surface area contributed by atoms with Crippen LogP contribution in [0.3, 0.4) is 0 Å². The van der Waals surface area contributed by atoms with E-state index in [4.69, 9.17) is 5.73 Å². The van der Waals surface area contributed by atoms with Gasteiger partial charge in [-0.2, -0.15) is 0 Å². The molecule has 6 nitrogen and oxygen atoms in total. The Balaban J connectivity index is 1.34. The first kappa shape index (κ1) is 20.7. The monoisotopic (exact) mass is 418 g/mol. The number of carbonyl (C=O) groups excluding carboxylic acids is 2. The van der Waals surface area contributed by atoms with Crippen molar-refractivity contribution in [1.29, 1.82) is 0 Å². The number of nitrogens with one attached hydrogen (secondary N) is 2. The fraction of sp³-hybridized carbons (Fsp3) is 0.208. The SMILES string of the molecule is NC(CNC(=O)C1CCc2cccc(F)c21)c1ccc(C(=O)Nc2ccncc2)cc1. The quantitative estimate of drug-likeness (QED) is 0.572. The second-order valence-electron chi connectivity index (χ2n) is 7.57. The molecule has 0 radical (unpaired) electrons. The largest absolute Gasteiger partial charge is 0.354 e. The highest BCUT2D eigenvalue weighted by molar-refractivity contribution is 6.04. The fourth-order valence-electron chi connectivity index (χ4n) is 3.87. The van der Waals surface area contributed by atoms with Gasteiger partial charge >= 0.3 is 0 Å². The number of hydrogen-bond donors (Lipinski definition) is 3. The zero-order chi connectivity index (χ0) is 21.8. The Morgan fingerprint density at radius 3 is 2.58 bits per heavy atom. The van der Waals surface area contributed by atoms with E-state index in [2.05, 4.69) is 15.6 Å². The Morgan fingerprint density at radius 2 is 1.84 bits per heavy atom. The second kappa shape index (κ2) is 9.06. The summed E-state index contributed by atoms with van der Waals surface area (Å²) in [7, 11) is 0. The van der Waals surface area contributed by atoms with Gasteiger partial charge in [0.05, 0.1) is 5.92 Å². The van der Waals surface area contributed by atoms with E-state index in [1.54, 1.807) is 54.9 Å². The van der Waals surface area contributed by atoms with E-state index >= 15 is 0 Å². The predicted molar refractivity (Wildman–Crippen MR) is 116 cm³/mol. The summed E-state index contributed by atoms with van der Waals surface area (Å²) >= 11 is 0. The first-order chi connectivity index (χ1) is 15.0. The van der Waals surface area contributed by atoms with E-state index in [0.29, 0.717) is 29.7 Å². The summed E-state index contributed by atoms with van der Waals surface area (Å²) in [5.41, 5.74) is 9.56. The van der Waals surface area contributed by atoms with Crippen molar-refractivity contribution in [2.75, 3.05) is 11.9 Å². The number of pyridine rings is 1. The molecular formula is C24H23FN4O2. The number of amides is 2. The van der Waals surface area contributed by atoms with Crippen molar-refractivity contribution >= 4 is 17.5 Å². The second-order valence-corrected chi connectivity index (χ2v) is 7.57. The molecule has 2 aromatic carbocycles. The van der Waals surface area contributed by atoms with Crippen molar-refractivity contribution in [1.82, 2.24) is 10.3 Å². The van der Waals surface area contributed by atoms with Crippen LogP contribution in [0.15, 0.2) is 67.0 Å². The number of carbonyl (C=O) groups is 2. The highest BCUT2D eigenvalue weighted by Crippen LogP contribution is 2.35. The third kappa shape index (κ3) is 4.62. The topological polar surface area (TPSA) is 97.1 Å². The average Bonchev–Trinajstić information content (AvgIpc) is 3.24. The van der Waals surface area contributed by atoms with Crippen molar-refractivity contribution in [2.24, 2.45) is 5.73 Å². The summed E-state index contributed by atoms with van der Waals surface area (Å²) in [5, 5.41) is 5.64. The molecule has 0 fully saturated rings. The molecule has 1 heterocycles. The minimum Gasteiger partial charge on any atom is -0.354 e. The number of nitrogens with two attached hydrogens (primary N) is 1. The van der Waals surface area contributed by atoms with Crippen LogP contribution >= 0.6 is 0 Å². The molecule has 3 aromatic rings. The average molecular weight is 418 g/mol. The van der Waals surface area contributed by atoms with Gasteiger partial charge < -0.3 is 16.4 Å². The molecule has 4 N–H and O–H groups in total. The summed E-state index contributed by atoms with van der Waals surface area (Å²) in [5.74, 6) is -1.27. The van der Waals surface area contributed by atoms with Crippen LogP contribution in [0, 0.1) is 5.82 Å². The zero-order valence-corrected chi connectivity index (χ0v) is 16.8. The highest BCUT2D eigenvalue weighted by atomic mass is 19.1. The van der Waals surface area contributed by atoms with E-state index in [-0.39, 0.29) is 24.2 Å². The standard InChI is InChI=1S/C24H23FN4O2/c25-20-3-1-2-16-8-9-19(22(16)20)24(31)28-14-21(26)15-4-6-17(7-5-15)23(30)29-18-10-12-27-13-11-18/h1-7,10-13,19,21H,8-9,14,26H2,(H,28,31)(H,27,29,30). The summed E-state index contributed by atoms with van der Waals surface area (Å²) in [6.45, 7) is 0.224. The summed E-state index contributed by atoms with van der Waals surface area (Å²) in [6.07, 6.45) is 4.49. The molecule has 0 spiro atoms. The highest BCUT2D eigenvalue weighted by Gasteiger charge is 2.31. The maximum Gasteiger partial charge on any atom is 0.255 e. The van der Waals surface area contributed by atoms with E-state index in [9.17, 15) is 14.0 Å². The molecule has 1 aliphatic carbocycles. The maximum absolute atomic E-state index is 14.2. The Labute approximate surface area is 179 Å². The molecule has 2 atom stereocenters. The van der Waals surface area contributed by atoms with Crippen LogP contribution in [-0.2, 0) is 11.2 Å². The molecule has 0 saturated carbocycles. The molecule has 2 amide bonds. The van der Waals surface area contributed by atoms with Gasteiger partial charge in [-0.15, -0.1) is 0 Å². The van der Waals surface area contributed by atoms with E-state index in [1.165, 1.54) is 6.07 Å². The first-order valence-corrected chi connectivity index (χ1v) is 10.1. The normalized spacial score (nSPS) is 15.7. The predicted octanol–water partition coefficient (Wildman–Crippen LogP) is 3.32. The number of aryl methyl sites for hydroxylation is 1. The van der Waals surface area contributed by atoms with E-state index < -0.39 is 12.0 Å². The summed E-state index contributed by atoms with van der Waals surface area (Å²) in [6, 6.07) is 14.8. The third-order valence-corrected chi connectivity index (χ3v) is 5.55. The van der Waals surface area contributed by atoms with Crippen molar-refractivity contribution in [2.45, 2.75) is 24.8 Å². The lowest BCUT2D eigenvalue weighted by Gasteiger charge is -2.17. The molecule has 1 aliphatic rings. The van der Waals surface area contributed by atoms with Crippen LogP contribution in [0.4, 0.5) is 10.1 Å². The van der Waals surface area contributed by atoms with Gasteiger partial charge in [-0.25, -0.2) is 4.39 Å². The molecule has 0 saturated heterocycles. The molecular weight excluding hydrogens is 395 g/mol. The Bertz CT molecular complexity index is 1090. The van der Waals surface area contributed by atoms with Crippen molar-refractivity contribution < 1.29 is 14.0 Å². The molecule has 2 unspecified atom stereocenters. The fourth-order valence-corrected chi connectivity index (χ4v) is 3.87. The van der Waals surface area contributed by atoms with Gasteiger partial charge in [0.2, 0.25) is 5.91 Å². The number of hydrogen-bond acceptors (Lipinski definition) is 4. The number of rotatable bonds is 6. The number of anilines is 1. The Morgan fingerprint density at radius 1 is 1.10 bits per heavy atom. The zero-order valence-electron chi connectivity index (χ0n) is 16.8. The van der Waals surface area contributed by atoms with Crippen LogP contribution in [0.1, 0.15) is 45.4 Å². The molecule has 4 rings (SSSR count). The lowest BCUT2D eigenvalue weighted by Crippen LogP contribution is -2.35. The maximum atomic E-state index is 14.2. The number of aromatic nitrogens is 1. The van der Waals surface area contributed by atoms with Gasteiger partial charge in [-0.3, -0.25) is 14.6 Å². The summed E-state index contributed by atoms with van der Waals surface area (Å²) in [4.78, 5) is 28.9. The number of benzene rings is 2. The van der Waals surface area contributed by atoms with Crippen molar-refractivity contribution in [3.63, 3.8) is 0 Å². The minimum atomic E-state index is -0.484. The van der Waals surface area contributed by atoms with E-state index in [0.717, 1.165) is 11.1 Å². The van der Waals surface area contributed by atoms with Gasteiger partial charge in [0, 0.05) is 41.8 Å². The van der Waals surface area contributed by atoms with Gasteiger partial charge in [0.25, 0.3) is 5.91 Å². The lowest BCUT2D eigenvalue weighted by atomic mass is 9.99. The van der Waals surface area contributed by atoms with Crippen LogP contribution in [0.2, 0.25) is 0 Å². The van der Waals surface area contributed by atoms with Crippen molar-refractivity contribution in [3.05, 3.63) is 95.1 Å². The minimum absolute atomic E-state index is 0.215. The molecule has 31 heavy (non-hydrogen) atoms. The number of fused-ring (bicyclic) bond motifs is 1. The lowest BCUT2D eigenvalue weighted by molar-refractivity contribution is -0.122. The van der Waals surface area contributed by atoms with E-state index in [1.807, 2.05) is 6.07 Å². The molecule has 1 aromatic heterocycles. The molecule has 0 bridgehead atoms. The van der Waals surface area contributed by atoms with Crippen LogP contribution in [-0.4, -0.2) is 23.3 Å². The smallest absolute Gasteiger partial charge is 0.255 e. The van der Waals surface area contributed by atoms with Crippen molar-refractivity contribution in [3.8, 4) is 0 Å². The number of halogens is 1. The van der Waals surface area contributed by atoms with Gasteiger partial charge in [-0.05, 0) is 54.3 Å². The third-order valence-electron chi connectivity index (χ3n) is 5.55. The molecule has 158 valence electrons. The van der Waals surface area contributed by atoms with Gasteiger partial charge in [-0.1, -0.05) is 24.3 Å². The van der Waals surface area contributed by atoms with Crippen LogP contribution in [0.25, 0.3) is 0 Å². The summed E-state index contributed by atoms with van der Waals surface area (Å²) < 4.78 is 14.2.